The van der Waals surface area contributed by atoms with Gasteiger partial charge >= 0.3 is 0 Å². The van der Waals surface area contributed by atoms with E-state index in [0.717, 1.165) is 16.7 Å². The number of rotatable bonds is 0. The first kappa shape index (κ1) is 10.5. The predicted octanol–water partition coefficient (Wildman–Crippen LogP) is 2.18. The molecule has 2 nitrogen and oxygen atoms in total. The lowest BCUT2D eigenvalue weighted by Crippen LogP contribution is -2.18. The van der Waals surface area contributed by atoms with Gasteiger partial charge < -0.3 is 0 Å². The van der Waals surface area contributed by atoms with Crippen molar-refractivity contribution in [1.82, 2.24) is 0 Å². The van der Waals surface area contributed by atoms with Crippen molar-refractivity contribution < 1.29 is 8.42 Å². The number of sulfone groups is 1. The molecule has 2 aliphatic rings. The van der Waals surface area contributed by atoms with Crippen LogP contribution in [-0.4, -0.2) is 8.42 Å². The molecule has 1 aromatic rings. The second-order valence-electron chi connectivity index (χ2n) is 3.25. The Bertz CT molecular complexity index is 441. The predicted molar refractivity (Wildman–Crippen MR) is 53.4 cm³/mol. The largest absolute Gasteiger partial charge is 0.218 e. The molecule has 2 aliphatic heterocycles. The van der Waals surface area contributed by atoms with E-state index in [-0.39, 0.29) is 12.4 Å². The van der Waals surface area contributed by atoms with E-state index in [1.807, 2.05) is 20.8 Å². The van der Waals surface area contributed by atoms with Crippen molar-refractivity contribution in [2.45, 2.75) is 30.6 Å². The van der Waals surface area contributed by atoms with Crippen LogP contribution in [0.1, 0.15) is 16.7 Å². The van der Waals surface area contributed by atoms with Crippen LogP contribution in [0.15, 0.2) is 15.9 Å². The fourth-order valence-electron chi connectivity index (χ4n) is 1.61. The molecule has 2 heterocycles. The Hall–Kier alpha value is -0.540. The molecule has 0 saturated carbocycles. The molecule has 13 heavy (non-hydrogen) atoms. The summed E-state index contributed by atoms with van der Waals surface area (Å²) < 4.78 is 22.9. The van der Waals surface area contributed by atoms with Gasteiger partial charge in [-0.05, 0) is 43.5 Å². The van der Waals surface area contributed by atoms with E-state index < -0.39 is 9.84 Å². The highest BCUT2D eigenvalue weighted by molar-refractivity contribution is 7.92. The molecular formula is C9H11ClO2S. The van der Waals surface area contributed by atoms with Crippen molar-refractivity contribution in [2.75, 3.05) is 0 Å². The molecule has 0 aliphatic carbocycles. The van der Waals surface area contributed by atoms with Gasteiger partial charge in [0.15, 0.2) is 0 Å². The van der Waals surface area contributed by atoms with E-state index in [4.69, 9.17) is 0 Å². The highest BCUT2D eigenvalue weighted by atomic mass is 35.5. The number of benzene rings is 1. The Balaban J connectivity index is 0.000000845. The number of hydrogen-bond donors (Lipinski definition) is 0. The van der Waals surface area contributed by atoms with Gasteiger partial charge in [0, 0.05) is 0 Å². The summed E-state index contributed by atoms with van der Waals surface area (Å²) >= 11 is 0. The fourth-order valence-corrected chi connectivity index (χ4v) is 3.31. The van der Waals surface area contributed by atoms with Crippen LogP contribution in [0.2, 0.25) is 0 Å². The lowest BCUT2D eigenvalue weighted by molar-refractivity contribution is 0.586. The smallest absolute Gasteiger partial charge is 0.207 e. The van der Waals surface area contributed by atoms with Crippen LogP contribution in [0.5, 0.6) is 0 Å². The fraction of sp³-hybridized carbons (Fsp3) is 0.333. The van der Waals surface area contributed by atoms with E-state index in [1.54, 1.807) is 6.07 Å². The first-order valence-electron chi connectivity index (χ1n) is 3.82. The van der Waals surface area contributed by atoms with Gasteiger partial charge in [-0.15, -0.1) is 12.4 Å². The van der Waals surface area contributed by atoms with Gasteiger partial charge in [0.2, 0.25) is 9.84 Å². The molecule has 0 fully saturated rings. The van der Waals surface area contributed by atoms with Crippen molar-refractivity contribution in [3.8, 4) is 0 Å². The van der Waals surface area contributed by atoms with Gasteiger partial charge in [-0.2, -0.15) is 0 Å². The molecule has 2 bridgehead atoms. The van der Waals surface area contributed by atoms with Crippen LogP contribution in [0.25, 0.3) is 0 Å². The van der Waals surface area contributed by atoms with E-state index in [1.165, 1.54) is 0 Å². The van der Waals surface area contributed by atoms with Gasteiger partial charge in [0.1, 0.15) is 0 Å². The Morgan fingerprint density at radius 1 is 0.923 bits per heavy atom. The molecule has 0 aromatic heterocycles. The van der Waals surface area contributed by atoms with Crippen LogP contribution in [-0.2, 0) is 9.84 Å². The lowest BCUT2D eigenvalue weighted by Gasteiger charge is -2.23. The van der Waals surface area contributed by atoms with E-state index in [2.05, 4.69) is 0 Å². The molecule has 0 saturated heterocycles. The molecule has 0 atom stereocenters. The zero-order valence-electron chi connectivity index (χ0n) is 7.71. The zero-order valence-corrected chi connectivity index (χ0v) is 9.34. The Labute approximate surface area is 84.3 Å². The number of hydrogen-bond acceptors (Lipinski definition) is 2. The molecule has 0 spiro atoms. The van der Waals surface area contributed by atoms with Crippen LogP contribution in [0.3, 0.4) is 0 Å². The molecule has 0 amide bonds. The van der Waals surface area contributed by atoms with Gasteiger partial charge in [-0.3, -0.25) is 0 Å². The average Bonchev–Trinajstić information content (AvgIpc) is 1.98. The van der Waals surface area contributed by atoms with Crippen molar-refractivity contribution in [1.29, 1.82) is 0 Å². The van der Waals surface area contributed by atoms with Crippen LogP contribution < -0.4 is 0 Å². The van der Waals surface area contributed by atoms with Crippen molar-refractivity contribution in [3.05, 3.63) is 22.8 Å². The summed E-state index contributed by atoms with van der Waals surface area (Å²) in [4.78, 5) is 1.03. The van der Waals surface area contributed by atoms with E-state index in [9.17, 15) is 8.42 Å². The van der Waals surface area contributed by atoms with Crippen molar-refractivity contribution in [2.24, 2.45) is 0 Å². The molecule has 1 aromatic carbocycles. The summed E-state index contributed by atoms with van der Waals surface area (Å²) in [5, 5.41) is 0. The monoisotopic (exact) mass is 218 g/mol. The SMILES string of the molecule is Cc1c2cc(c(C)c1C)S2(=O)=O.Cl. The second kappa shape index (κ2) is 2.72. The minimum Gasteiger partial charge on any atom is -0.218 e. The molecule has 3 rings (SSSR count). The minimum atomic E-state index is -3.01. The molecule has 72 valence electrons. The first-order valence-corrected chi connectivity index (χ1v) is 5.30. The molecule has 0 unspecified atom stereocenters. The van der Waals surface area contributed by atoms with Gasteiger partial charge in [-0.25, -0.2) is 8.42 Å². The average molecular weight is 219 g/mol. The lowest BCUT2D eigenvalue weighted by atomic mass is 10.0. The number of fused-ring (bicyclic) bond motifs is 2. The maximum atomic E-state index is 11.4. The normalized spacial score (nSPS) is 15.9. The summed E-state index contributed by atoms with van der Waals surface area (Å²) in [6.45, 7) is 5.68. The van der Waals surface area contributed by atoms with Crippen molar-refractivity contribution in [3.63, 3.8) is 0 Å². The summed E-state index contributed by atoms with van der Waals surface area (Å²) in [7, 11) is -3.01. The Morgan fingerprint density at radius 3 is 1.62 bits per heavy atom. The summed E-state index contributed by atoms with van der Waals surface area (Å²) in [6, 6.07) is 1.76. The highest BCUT2D eigenvalue weighted by Crippen LogP contribution is 2.40. The zero-order chi connectivity index (χ0) is 9.09. The summed E-state index contributed by atoms with van der Waals surface area (Å²) in [5.41, 5.74) is 2.92. The van der Waals surface area contributed by atoms with Crippen LogP contribution >= 0.6 is 12.4 Å². The molecule has 0 radical (unpaired) electrons. The van der Waals surface area contributed by atoms with Gasteiger partial charge in [0.05, 0.1) is 9.79 Å². The van der Waals surface area contributed by atoms with E-state index >= 15 is 0 Å². The Morgan fingerprint density at radius 2 is 1.31 bits per heavy atom. The molecule has 0 N–H and O–H groups in total. The maximum absolute atomic E-state index is 11.4. The topological polar surface area (TPSA) is 34.1 Å². The number of halogens is 1. The summed E-state index contributed by atoms with van der Waals surface area (Å²) in [6.07, 6.45) is 0. The van der Waals surface area contributed by atoms with E-state index in [0.29, 0.717) is 9.79 Å². The standard InChI is InChI=1S/C9H10O2S.ClH/c1-5-6(2)8-4-9(7(5)3)12(8,10)11;/h4H,1-3H3;1H. The third-order valence-corrected chi connectivity index (χ3v) is 4.71. The first-order chi connectivity index (χ1) is 5.46. The van der Waals surface area contributed by atoms with Gasteiger partial charge in [0.25, 0.3) is 0 Å². The van der Waals surface area contributed by atoms with Crippen molar-refractivity contribution >= 4 is 22.2 Å². The minimum absolute atomic E-state index is 0. The third-order valence-electron chi connectivity index (χ3n) is 2.71. The maximum Gasteiger partial charge on any atom is 0.207 e. The molecule has 4 heteroatoms. The van der Waals surface area contributed by atoms with Crippen LogP contribution in [0.4, 0.5) is 0 Å². The Kier molecular flexibility index (Phi) is 2.21. The quantitative estimate of drug-likeness (QED) is 0.679. The second-order valence-corrected chi connectivity index (χ2v) is 5.14. The van der Waals surface area contributed by atoms with Gasteiger partial charge in [-0.1, -0.05) is 0 Å². The molecular weight excluding hydrogens is 208 g/mol. The summed E-state index contributed by atoms with van der Waals surface area (Å²) in [5.74, 6) is 0. The third kappa shape index (κ3) is 1.04. The highest BCUT2D eigenvalue weighted by Gasteiger charge is 2.34. The van der Waals surface area contributed by atoms with Crippen LogP contribution in [0, 0.1) is 20.8 Å².